The van der Waals surface area contributed by atoms with E-state index in [1.54, 1.807) is 0 Å². The van der Waals surface area contributed by atoms with Crippen LogP contribution in [-0.2, 0) is 4.79 Å². The molecule has 0 aliphatic heterocycles. The van der Waals surface area contributed by atoms with E-state index < -0.39 is 0 Å². The fourth-order valence-electron chi connectivity index (χ4n) is 2.31. The normalized spacial score (nSPS) is 27.7. The minimum Gasteiger partial charge on any atom is -0.328 e. The molecule has 0 amide bonds. The van der Waals surface area contributed by atoms with Gasteiger partial charge in [0.25, 0.3) is 0 Å². The van der Waals surface area contributed by atoms with Crippen LogP contribution in [0.2, 0.25) is 0 Å². The topological polar surface area (TPSA) is 43.1 Å². The first kappa shape index (κ1) is 12.7. The Labute approximate surface area is 93.2 Å². The minimum absolute atomic E-state index is 0.384. The van der Waals surface area contributed by atoms with Crippen LogP contribution >= 0.6 is 0 Å². The van der Waals surface area contributed by atoms with Gasteiger partial charge >= 0.3 is 0 Å². The van der Waals surface area contributed by atoms with Gasteiger partial charge in [0.05, 0.1) is 21.1 Å². The number of likely N-dealkylation sites (N-methyl/N-ethyl adjacent to an activating group) is 1. The molecule has 1 aliphatic carbocycles. The van der Waals surface area contributed by atoms with Crippen LogP contribution in [0.1, 0.15) is 32.1 Å². The van der Waals surface area contributed by atoms with Crippen molar-refractivity contribution in [1.82, 2.24) is 0 Å². The summed E-state index contributed by atoms with van der Waals surface area (Å²) in [7, 11) is 6.19. The van der Waals surface area contributed by atoms with Crippen molar-refractivity contribution in [3.05, 3.63) is 0 Å². The zero-order chi connectivity index (χ0) is 11.5. The first-order valence-electron chi connectivity index (χ1n) is 5.94. The highest BCUT2D eigenvalue weighted by Crippen LogP contribution is 2.26. The number of rotatable bonds is 4. The lowest BCUT2D eigenvalue weighted by molar-refractivity contribution is -0.862. The maximum Gasteiger partial charge on any atom is 0.187 e. The van der Waals surface area contributed by atoms with Crippen LogP contribution in [0.15, 0.2) is 0 Å². The van der Waals surface area contributed by atoms with Crippen LogP contribution in [0.25, 0.3) is 0 Å². The molecule has 1 saturated carbocycles. The summed E-state index contributed by atoms with van der Waals surface area (Å²) >= 11 is 0. The molecule has 0 aromatic rings. The molecule has 0 aromatic carbocycles. The standard InChI is InChI=1S/C12H25N2O/c1-14(2,3)9-12(15)8-10-4-6-11(13)7-5-10/h10-11H,4-9,13H2,1-3H3/q+1. The van der Waals surface area contributed by atoms with E-state index in [1.807, 2.05) is 0 Å². The maximum atomic E-state index is 11.8. The molecule has 1 aliphatic rings. The Morgan fingerprint density at radius 1 is 1.20 bits per heavy atom. The summed E-state index contributed by atoms with van der Waals surface area (Å²) in [5.41, 5.74) is 5.84. The monoisotopic (exact) mass is 213 g/mol. The van der Waals surface area contributed by atoms with Crippen molar-refractivity contribution in [2.45, 2.75) is 38.1 Å². The highest BCUT2D eigenvalue weighted by molar-refractivity contribution is 5.79. The highest BCUT2D eigenvalue weighted by Gasteiger charge is 2.23. The average molecular weight is 213 g/mol. The van der Waals surface area contributed by atoms with Crippen molar-refractivity contribution in [2.75, 3.05) is 27.7 Å². The third-order valence-electron chi connectivity index (χ3n) is 3.06. The van der Waals surface area contributed by atoms with Gasteiger partial charge in [0.1, 0.15) is 6.54 Å². The second-order valence-corrected chi connectivity index (χ2v) is 5.97. The van der Waals surface area contributed by atoms with Gasteiger partial charge in [-0.2, -0.15) is 0 Å². The van der Waals surface area contributed by atoms with Gasteiger partial charge in [-0.15, -0.1) is 0 Å². The molecule has 0 saturated heterocycles. The number of nitrogens with two attached hydrogens (primary N) is 1. The lowest BCUT2D eigenvalue weighted by Gasteiger charge is -2.27. The Morgan fingerprint density at radius 2 is 1.73 bits per heavy atom. The molecule has 0 aromatic heterocycles. The lowest BCUT2D eigenvalue weighted by Crippen LogP contribution is -2.40. The summed E-state index contributed by atoms with van der Waals surface area (Å²) in [5.74, 6) is 1.01. The molecule has 1 rings (SSSR count). The van der Waals surface area contributed by atoms with E-state index in [0.717, 1.165) is 36.6 Å². The average Bonchev–Trinajstić information content (AvgIpc) is 2.05. The minimum atomic E-state index is 0.384. The van der Waals surface area contributed by atoms with Crippen molar-refractivity contribution in [3.8, 4) is 0 Å². The Morgan fingerprint density at radius 3 is 2.20 bits per heavy atom. The number of carbonyl (C=O) groups excluding carboxylic acids is 1. The van der Waals surface area contributed by atoms with Crippen LogP contribution in [0.4, 0.5) is 0 Å². The van der Waals surface area contributed by atoms with Gasteiger partial charge in [0.2, 0.25) is 0 Å². The molecule has 15 heavy (non-hydrogen) atoms. The molecule has 3 heteroatoms. The van der Waals surface area contributed by atoms with Gasteiger partial charge in [0.15, 0.2) is 5.78 Å². The quantitative estimate of drug-likeness (QED) is 0.712. The van der Waals surface area contributed by atoms with Gasteiger partial charge in [-0.3, -0.25) is 4.79 Å². The Hall–Kier alpha value is -0.410. The van der Waals surface area contributed by atoms with Crippen molar-refractivity contribution in [3.63, 3.8) is 0 Å². The third kappa shape index (κ3) is 5.28. The predicted molar refractivity (Wildman–Crippen MR) is 62.5 cm³/mol. The SMILES string of the molecule is C[N+](C)(C)CC(=O)CC1CCC(N)CC1. The predicted octanol–water partition coefficient (Wildman–Crippen LogP) is 1.17. The first-order chi connectivity index (χ1) is 6.87. The number of hydrogen-bond donors (Lipinski definition) is 1. The van der Waals surface area contributed by atoms with Crippen molar-refractivity contribution in [2.24, 2.45) is 11.7 Å². The van der Waals surface area contributed by atoms with Crippen LogP contribution in [0, 0.1) is 5.92 Å². The van der Waals surface area contributed by atoms with Crippen molar-refractivity contribution < 1.29 is 9.28 Å². The molecule has 0 bridgehead atoms. The van der Waals surface area contributed by atoms with E-state index >= 15 is 0 Å². The van der Waals surface area contributed by atoms with E-state index in [2.05, 4.69) is 21.1 Å². The second kappa shape index (κ2) is 5.08. The smallest absolute Gasteiger partial charge is 0.187 e. The summed E-state index contributed by atoms with van der Waals surface area (Å²) < 4.78 is 0.741. The lowest BCUT2D eigenvalue weighted by atomic mass is 9.83. The van der Waals surface area contributed by atoms with E-state index in [-0.39, 0.29) is 0 Å². The van der Waals surface area contributed by atoms with Gasteiger partial charge in [-0.05, 0) is 31.6 Å². The third-order valence-corrected chi connectivity index (χ3v) is 3.06. The molecular formula is C12H25N2O+. The largest absolute Gasteiger partial charge is 0.328 e. The molecule has 88 valence electrons. The number of hydrogen-bond acceptors (Lipinski definition) is 2. The number of nitrogens with zero attached hydrogens (tertiary/aromatic N) is 1. The highest BCUT2D eigenvalue weighted by atomic mass is 16.1. The van der Waals surface area contributed by atoms with E-state index in [0.29, 0.717) is 24.3 Å². The summed E-state index contributed by atoms with van der Waals surface area (Å²) in [6.45, 7) is 0.655. The van der Waals surface area contributed by atoms with Gasteiger partial charge in [0, 0.05) is 12.5 Å². The fraction of sp³-hybridized carbons (Fsp3) is 0.917. The molecule has 0 radical (unpaired) electrons. The Kier molecular flexibility index (Phi) is 4.29. The van der Waals surface area contributed by atoms with E-state index in [1.165, 1.54) is 0 Å². The van der Waals surface area contributed by atoms with Crippen molar-refractivity contribution in [1.29, 1.82) is 0 Å². The Bertz CT molecular complexity index is 212. The molecule has 3 nitrogen and oxygen atoms in total. The number of quaternary nitrogens is 1. The van der Waals surface area contributed by atoms with Crippen LogP contribution in [-0.4, -0.2) is 44.0 Å². The molecule has 0 spiro atoms. The van der Waals surface area contributed by atoms with Crippen LogP contribution < -0.4 is 5.73 Å². The second-order valence-electron chi connectivity index (χ2n) is 5.97. The molecule has 0 atom stereocenters. The number of ketones is 1. The maximum absolute atomic E-state index is 11.8. The van der Waals surface area contributed by atoms with Crippen LogP contribution in [0.5, 0.6) is 0 Å². The van der Waals surface area contributed by atoms with Gasteiger partial charge < -0.3 is 10.2 Å². The summed E-state index contributed by atoms with van der Waals surface area (Å²) in [6, 6.07) is 0.384. The summed E-state index contributed by atoms with van der Waals surface area (Å²) in [5, 5.41) is 0. The van der Waals surface area contributed by atoms with Gasteiger partial charge in [-0.25, -0.2) is 0 Å². The fourth-order valence-corrected chi connectivity index (χ4v) is 2.31. The molecule has 0 heterocycles. The Balaban J connectivity index is 2.27. The summed E-state index contributed by atoms with van der Waals surface area (Å²) in [4.78, 5) is 11.8. The molecular weight excluding hydrogens is 188 g/mol. The summed E-state index contributed by atoms with van der Waals surface area (Å²) in [6.07, 6.45) is 5.25. The van der Waals surface area contributed by atoms with E-state index in [4.69, 9.17) is 5.73 Å². The number of Topliss-reactive ketones (excluding diaryl/α,β-unsaturated/α-hetero) is 1. The zero-order valence-electron chi connectivity index (χ0n) is 10.3. The first-order valence-corrected chi connectivity index (χ1v) is 5.94. The molecule has 2 N–H and O–H groups in total. The zero-order valence-corrected chi connectivity index (χ0v) is 10.3. The molecule has 0 unspecified atom stereocenters. The number of carbonyl (C=O) groups is 1. The van der Waals surface area contributed by atoms with E-state index in [9.17, 15) is 4.79 Å². The molecule has 1 fully saturated rings. The van der Waals surface area contributed by atoms with Crippen molar-refractivity contribution >= 4 is 5.78 Å². The van der Waals surface area contributed by atoms with Gasteiger partial charge in [-0.1, -0.05) is 0 Å². The van der Waals surface area contributed by atoms with Crippen LogP contribution in [0.3, 0.4) is 0 Å².